The second kappa shape index (κ2) is 10.2. The van der Waals surface area contributed by atoms with Gasteiger partial charge >= 0.3 is 6.03 Å². The van der Waals surface area contributed by atoms with Gasteiger partial charge in [-0.05, 0) is 51.0 Å². The number of hydrogen-bond donors (Lipinski definition) is 5. The Labute approximate surface area is 187 Å². The number of rotatable bonds is 7. The second-order valence-electron chi connectivity index (χ2n) is 9.06. The van der Waals surface area contributed by atoms with E-state index in [0.29, 0.717) is 32.1 Å². The molecule has 0 aromatic carbocycles. The number of nitrogens with zero attached hydrogens (tertiary/aromatic N) is 1. The topological polar surface area (TPSA) is 146 Å². The monoisotopic (exact) mass is 482 g/mol. The van der Waals surface area contributed by atoms with Crippen molar-refractivity contribution < 1.29 is 22.4 Å². The number of carbonyl (C=O) groups is 2. The minimum absolute atomic E-state index is 0.0278. The fourth-order valence-electron chi connectivity index (χ4n) is 4.99. The highest BCUT2D eigenvalue weighted by Crippen LogP contribution is 2.37. The zero-order chi connectivity index (χ0) is 22.8. The molecule has 1 heterocycles. The highest BCUT2D eigenvalue weighted by Gasteiger charge is 2.44. The number of urea groups is 1. The van der Waals surface area contributed by atoms with Crippen LogP contribution in [0.5, 0.6) is 0 Å². The predicted octanol–water partition coefficient (Wildman–Crippen LogP) is -0.393. The normalized spacial score (nSPS) is 36.9. The summed E-state index contributed by atoms with van der Waals surface area (Å²) in [5.74, 6) is -2.07. The molecule has 7 unspecified atom stereocenters. The van der Waals surface area contributed by atoms with Crippen LogP contribution in [0.2, 0.25) is 0 Å². The zero-order valence-corrected chi connectivity index (χ0v) is 19.1. The molecule has 1 saturated heterocycles. The molecular weight excluding hydrogens is 451 g/mol. The summed E-state index contributed by atoms with van der Waals surface area (Å²) in [6.07, 6.45) is 0.971. The highest BCUT2D eigenvalue weighted by molar-refractivity contribution is 7.89. The molecule has 7 atom stereocenters. The van der Waals surface area contributed by atoms with Gasteiger partial charge in [-0.25, -0.2) is 17.6 Å². The summed E-state index contributed by atoms with van der Waals surface area (Å²) in [5, 5.41) is 5.13. The molecule has 1 aliphatic heterocycles. The van der Waals surface area contributed by atoms with Crippen molar-refractivity contribution >= 4 is 33.6 Å². The van der Waals surface area contributed by atoms with Crippen molar-refractivity contribution in [3.8, 4) is 0 Å². The Bertz CT molecular complexity index is 774. The van der Waals surface area contributed by atoms with E-state index in [1.165, 1.54) is 0 Å². The third-order valence-electron chi connectivity index (χ3n) is 6.52. The van der Waals surface area contributed by atoms with Crippen LogP contribution in [0.3, 0.4) is 0 Å². The smallest absolute Gasteiger partial charge is 0.312 e. The number of primary amides is 1. The van der Waals surface area contributed by atoms with Crippen molar-refractivity contribution in [2.24, 2.45) is 23.5 Å². The van der Waals surface area contributed by atoms with Crippen LogP contribution in [0.1, 0.15) is 32.1 Å². The van der Waals surface area contributed by atoms with Crippen LogP contribution in [0.15, 0.2) is 0 Å². The average Bonchev–Trinajstić information content (AvgIpc) is 3.30. The molecule has 0 aromatic rings. The lowest BCUT2D eigenvalue weighted by Gasteiger charge is -2.37. The number of nitrogens with two attached hydrogens (primary N) is 1. The van der Waals surface area contributed by atoms with Crippen molar-refractivity contribution in [2.75, 3.05) is 26.0 Å². The molecule has 178 valence electrons. The number of halogens is 2. The Balaban J connectivity index is 1.50. The van der Waals surface area contributed by atoms with Gasteiger partial charge < -0.3 is 11.1 Å². The van der Waals surface area contributed by atoms with E-state index in [0.717, 1.165) is 13.2 Å². The van der Waals surface area contributed by atoms with Gasteiger partial charge in [0, 0.05) is 25.3 Å². The lowest BCUT2D eigenvalue weighted by atomic mass is 9.76. The summed E-state index contributed by atoms with van der Waals surface area (Å²) in [6.45, 7) is 1.51. The van der Waals surface area contributed by atoms with Crippen LogP contribution in [0, 0.1) is 17.8 Å². The zero-order valence-electron chi connectivity index (χ0n) is 17.5. The van der Waals surface area contributed by atoms with Gasteiger partial charge in [0.25, 0.3) is 0 Å². The van der Waals surface area contributed by atoms with Gasteiger partial charge in [-0.1, -0.05) is 0 Å². The number of sulfonamides is 1. The Morgan fingerprint density at radius 3 is 2.65 bits per heavy atom. The minimum Gasteiger partial charge on any atom is -0.352 e. The Kier molecular flexibility index (Phi) is 8.00. The number of nitrogens with one attached hydrogen (secondary N) is 4. The molecular formula is C18H32ClFN6O4S. The molecule has 3 amide bonds. The van der Waals surface area contributed by atoms with E-state index in [2.05, 4.69) is 25.8 Å². The summed E-state index contributed by atoms with van der Waals surface area (Å²) in [7, 11) is -1.84. The number of amides is 3. The maximum Gasteiger partial charge on any atom is 0.312 e. The third kappa shape index (κ3) is 6.64. The van der Waals surface area contributed by atoms with Gasteiger partial charge in [-0.3, -0.25) is 20.4 Å². The lowest BCUT2D eigenvalue weighted by Crippen LogP contribution is -2.52. The van der Waals surface area contributed by atoms with Gasteiger partial charge in [-0.15, -0.1) is 16.4 Å². The molecule has 3 rings (SSSR count). The molecule has 6 N–H and O–H groups in total. The fourth-order valence-corrected chi connectivity index (χ4v) is 6.66. The first kappa shape index (κ1) is 24.4. The number of carbonyl (C=O) groups excluding carboxylic acids is 2. The molecule has 10 nitrogen and oxygen atoms in total. The van der Waals surface area contributed by atoms with Crippen LogP contribution in [0.4, 0.5) is 9.18 Å². The van der Waals surface area contributed by atoms with Gasteiger partial charge in [0.1, 0.15) is 6.17 Å². The minimum atomic E-state index is -3.82. The molecule has 0 spiro atoms. The number of hydrazine groups is 1. The van der Waals surface area contributed by atoms with E-state index in [-0.39, 0.29) is 29.7 Å². The molecule has 31 heavy (non-hydrogen) atoms. The van der Waals surface area contributed by atoms with Crippen LogP contribution in [-0.2, 0) is 14.8 Å². The first-order valence-corrected chi connectivity index (χ1v) is 12.7. The van der Waals surface area contributed by atoms with Crippen LogP contribution >= 0.6 is 11.6 Å². The van der Waals surface area contributed by atoms with Crippen LogP contribution in [0.25, 0.3) is 0 Å². The Hall–Kier alpha value is -1.21. The highest BCUT2D eigenvalue weighted by atomic mass is 35.5. The number of hydrogen-bond acceptors (Lipinski definition) is 6. The molecule has 0 radical (unpaired) electrons. The molecule has 2 saturated carbocycles. The fraction of sp³-hybridized carbons (Fsp3) is 0.889. The molecule has 0 bridgehead atoms. The maximum atomic E-state index is 14.7. The van der Waals surface area contributed by atoms with E-state index in [9.17, 15) is 22.4 Å². The van der Waals surface area contributed by atoms with Gasteiger partial charge in [-0.2, -0.15) is 0 Å². The lowest BCUT2D eigenvalue weighted by molar-refractivity contribution is -0.129. The summed E-state index contributed by atoms with van der Waals surface area (Å²) >= 11 is 6.19. The van der Waals surface area contributed by atoms with Gasteiger partial charge in [0.15, 0.2) is 0 Å². The number of likely N-dealkylation sites (N-methyl/N-ethyl adjacent to an activating group) is 1. The maximum absolute atomic E-state index is 14.7. The van der Waals surface area contributed by atoms with E-state index in [1.54, 1.807) is 0 Å². The van der Waals surface area contributed by atoms with E-state index in [4.69, 9.17) is 17.3 Å². The molecule has 3 fully saturated rings. The average molecular weight is 483 g/mol. The van der Waals surface area contributed by atoms with Crippen molar-refractivity contribution in [1.29, 1.82) is 0 Å². The summed E-state index contributed by atoms with van der Waals surface area (Å²) in [5.41, 5.74) is 7.28. The Morgan fingerprint density at radius 2 is 2.00 bits per heavy atom. The largest absolute Gasteiger partial charge is 0.352 e. The molecule has 0 aromatic heterocycles. The standard InChI is InChI=1S/C18H32ClFN6O4S/c1-26-7-15(22-9-26)11-5-13(16(20)14(19)6-11)17(27)24-25-31(29,30)8-10-2-3-12(4-10)23-18(21)28/h10-16,22,25H,2-9H2,1H3,(H,24,27)(H3,21,23,28). The predicted molar refractivity (Wildman–Crippen MR) is 114 cm³/mol. The van der Waals surface area contributed by atoms with Crippen molar-refractivity contribution in [2.45, 2.75) is 55.7 Å². The summed E-state index contributed by atoms with van der Waals surface area (Å²) in [6, 6.07) is -0.666. The first-order valence-electron chi connectivity index (χ1n) is 10.6. The SMILES string of the molecule is CN1CNC(C2CC(Cl)C(F)C(C(=O)NNS(=O)(=O)CC3CCC(NC(N)=O)C3)C2)C1. The van der Waals surface area contributed by atoms with E-state index >= 15 is 0 Å². The summed E-state index contributed by atoms with van der Waals surface area (Å²) < 4.78 is 39.4. The van der Waals surface area contributed by atoms with Gasteiger partial charge in [0.2, 0.25) is 15.9 Å². The second-order valence-corrected chi connectivity index (χ2v) is 11.4. The molecule has 13 heteroatoms. The quantitative estimate of drug-likeness (QED) is 0.247. The van der Waals surface area contributed by atoms with Crippen LogP contribution in [-0.4, -0.2) is 74.9 Å². The van der Waals surface area contributed by atoms with Crippen molar-refractivity contribution in [3.63, 3.8) is 0 Å². The molecule has 3 aliphatic rings. The van der Waals surface area contributed by atoms with E-state index < -0.39 is 39.4 Å². The Morgan fingerprint density at radius 1 is 1.26 bits per heavy atom. The van der Waals surface area contributed by atoms with Crippen LogP contribution < -0.4 is 26.6 Å². The van der Waals surface area contributed by atoms with Crippen molar-refractivity contribution in [1.82, 2.24) is 25.8 Å². The molecule has 2 aliphatic carbocycles. The number of alkyl halides is 2. The van der Waals surface area contributed by atoms with Crippen molar-refractivity contribution in [3.05, 3.63) is 0 Å². The van der Waals surface area contributed by atoms with Gasteiger partial charge in [0.05, 0.1) is 17.0 Å². The van der Waals surface area contributed by atoms with E-state index in [1.807, 2.05) is 7.05 Å². The third-order valence-corrected chi connectivity index (χ3v) is 8.27. The first-order chi connectivity index (χ1) is 14.5. The summed E-state index contributed by atoms with van der Waals surface area (Å²) in [4.78, 5) is 27.7.